The van der Waals surface area contributed by atoms with Gasteiger partial charge in [-0.05, 0) is 61.8 Å². The molecule has 3 aliphatic heterocycles. The van der Waals surface area contributed by atoms with Gasteiger partial charge in [0.1, 0.15) is 17.5 Å². The number of hydrogen-bond acceptors (Lipinski definition) is 6. The number of allylic oxidation sites excluding steroid dienone is 1. The summed E-state index contributed by atoms with van der Waals surface area (Å²) in [5.41, 5.74) is 3.20. The first-order chi connectivity index (χ1) is 22.0. The molecule has 0 spiro atoms. The number of halogens is 5. The Kier molecular flexibility index (Phi) is 9.22. The van der Waals surface area contributed by atoms with Crippen molar-refractivity contribution in [3.05, 3.63) is 77.2 Å². The third-order valence-corrected chi connectivity index (χ3v) is 10.2. The zero-order valence-corrected chi connectivity index (χ0v) is 26.9. The van der Waals surface area contributed by atoms with E-state index >= 15 is 0 Å². The van der Waals surface area contributed by atoms with E-state index in [1.807, 2.05) is 28.0 Å². The summed E-state index contributed by atoms with van der Waals surface area (Å²) < 4.78 is 55.1. The monoisotopic (exact) mass is 656 g/mol. The SMILES string of the molecule is C=N/C(=C1/CCN(c2cccc3ccc(F)c(Cl)c23)C/C1=N/CCCC1(CN2CC(F)(F)C2)CC1)N1CCN(C(=C)C(=C)F)CC1. The second kappa shape index (κ2) is 13.0. The van der Waals surface area contributed by atoms with Crippen LogP contribution in [0, 0.1) is 11.2 Å². The number of nitrogens with zero attached hydrogens (tertiary/aromatic N) is 6. The van der Waals surface area contributed by atoms with E-state index in [1.165, 1.54) is 6.07 Å². The van der Waals surface area contributed by atoms with Crippen LogP contribution < -0.4 is 4.90 Å². The van der Waals surface area contributed by atoms with Gasteiger partial charge in [-0.1, -0.05) is 43.0 Å². The zero-order valence-electron chi connectivity index (χ0n) is 26.2. The predicted octanol–water partition coefficient (Wildman–Crippen LogP) is 7.32. The van der Waals surface area contributed by atoms with E-state index in [2.05, 4.69) is 34.7 Å². The van der Waals surface area contributed by atoms with E-state index in [1.54, 1.807) is 6.07 Å². The Morgan fingerprint density at radius 1 is 0.978 bits per heavy atom. The van der Waals surface area contributed by atoms with E-state index in [0.717, 1.165) is 60.4 Å². The van der Waals surface area contributed by atoms with Crippen LogP contribution in [0.4, 0.5) is 23.2 Å². The van der Waals surface area contributed by atoms with Gasteiger partial charge in [-0.2, -0.15) is 0 Å². The fraction of sp³-hybridized carbons (Fsp3) is 0.486. The van der Waals surface area contributed by atoms with Gasteiger partial charge in [-0.25, -0.2) is 22.6 Å². The molecule has 0 radical (unpaired) electrons. The fourth-order valence-corrected chi connectivity index (χ4v) is 7.43. The Hall–Kier alpha value is -3.37. The lowest BCUT2D eigenvalue weighted by Gasteiger charge is -2.40. The average molecular weight is 657 g/mol. The molecule has 0 aromatic heterocycles. The van der Waals surface area contributed by atoms with Crippen molar-refractivity contribution in [1.82, 2.24) is 14.7 Å². The molecule has 0 bridgehead atoms. The van der Waals surface area contributed by atoms with Crippen LogP contribution >= 0.6 is 11.6 Å². The van der Waals surface area contributed by atoms with E-state index in [4.69, 9.17) is 16.6 Å². The number of fused-ring (bicyclic) bond motifs is 1. The Morgan fingerprint density at radius 3 is 2.35 bits per heavy atom. The maximum atomic E-state index is 14.6. The molecule has 46 heavy (non-hydrogen) atoms. The normalized spacial score (nSPS) is 23.0. The van der Waals surface area contributed by atoms with Gasteiger partial charge in [0.15, 0.2) is 0 Å². The van der Waals surface area contributed by atoms with E-state index in [0.29, 0.717) is 63.3 Å². The van der Waals surface area contributed by atoms with Crippen LogP contribution in [0.3, 0.4) is 0 Å². The maximum Gasteiger partial charge on any atom is 0.272 e. The summed E-state index contributed by atoms with van der Waals surface area (Å²) in [5.74, 6) is -2.75. The molecule has 0 unspecified atom stereocenters. The first-order valence-corrected chi connectivity index (χ1v) is 16.4. The Balaban J connectivity index is 1.23. The van der Waals surface area contributed by atoms with E-state index < -0.39 is 17.6 Å². The quantitative estimate of drug-likeness (QED) is 0.110. The van der Waals surface area contributed by atoms with Gasteiger partial charge in [0.2, 0.25) is 0 Å². The molecule has 6 rings (SSSR count). The number of rotatable bonds is 11. The summed E-state index contributed by atoms with van der Waals surface area (Å²) in [4.78, 5) is 17.7. The second-order valence-corrected chi connectivity index (χ2v) is 13.5. The molecule has 0 amide bonds. The Morgan fingerprint density at radius 2 is 1.70 bits per heavy atom. The molecule has 6 nitrogen and oxygen atoms in total. The summed E-state index contributed by atoms with van der Waals surface area (Å²) >= 11 is 6.51. The van der Waals surface area contributed by atoms with Gasteiger partial charge in [0, 0.05) is 62.5 Å². The highest BCUT2D eigenvalue weighted by Gasteiger charge is 2.50. The molecule has 2 aromatic rings. The van der Waals surface area contributed by atoms with Gasteiger partial charge >= 0.3 is 0 Å². The first kappa shape index (κ1) is 32.6. The molecule has 0 atom stereocenters. The molecule has 11 heteroatoms. The van der Waals surface area contributed by atoms with Crippen LogP contribution in [-0.2, 0) is 0 Å². The van der Waals surface area contributed by atoms with Crippen LogP contribution in [0.5, 0.6) is 0 Å². The molecule has 2 aromatic carbocycles. The second-order valence-electron chi connectivity index (χ2n) is 13.1. The molecule has 1 aliphatic carbocycles. The number of alkyl halides is 2. The number of likely N-dealkylation sites (tertiary alicyclic amines) is 1. The molecular weight excluding hydrogens is 616 g/mol. The van der Waals surface area contributed by atoms with Crippen molar-refractivity contribution in [2.45, 2.75) is 38.0 Å². The molecule has 1 saturated carbocycles. The van der Waals surface area contributed by atoms with Crippen LogP contribution in [0.15, 0.2) is 76.4 Å². The molecule has 246 valence electrons. The molecular formula is C35H41ClF4N6. The third-order valence-electron chi connectivity index (χ3n) is 9.86. The topological polar surface area (TPSA) is 37.7 Å². The van der Waals surface area contributed by atoms with Crippen molar-refractivity contribution in [2.24, 2.45) is 15.4 Å². The summed E-state index contributed by atoms with van der Waals surface area (Å²) in [7, 11) is 0. The number of anilines is 1. The number of aliphatic imine (C=N–C) groups is 2. The molecule has 4 aliphatic rings. The summed E-state index contributed by atoms with van der Waals surface area (Å²) in [6.45, 7) is 15.7. The van der Waals surface area contributed by atoms with Crippen molar-refractivity contribution in [3.63, 3.8) is 0 Å². The van der Waals surface area contributed by atoms with Gasteiger partial charge in [-0.15, -0.1) is 0 Å². The van der Waals surface area contributed by atoms with Crippen molar-refractivity contribution in [1.29, 1.82) is 0 Å². The minimum atomic E-state index is -2.54. The van der Waals surface area contributed by atoms with Crippen LogP contribution in [0.2, 0.25) is 5.02 Å². The van der Waals surface area contributed by atoms with Crippen molar-refractivity contribution in [3.8, 4) is 0 Å². The first-order valence-electron chi connectivity index (χ1n) is 16.0. The fourth-order valence-electron chi connectivity index (χ4n) is 7.16. The number of piperidine rings is 1. The predicted molar refractivity (Wildman–Crippen MR) is 179 cm³/mol. The van der Waals surface area contributed by atoms with Gasteiger partial charge in [-0.3, -0.25) is 9.89 Å². The van der Waals surface area contributed by atoms with Crippen molar-refractivity contribution >= 4 is 40.5 Å². The lowest BCUT2D eigenvalue weighted by Crippen LogP contribution is -2.57. The van der Waals surface area contributed by atoms with Crippen LogP contribution in [-0.4, -0.2) is 98.5 Å². The van der Waals surface area contributed by atoms with E-state index in [-0.39, 0.29) is 23.5 Å². The molecule has 0 N–H and O–H groups in total. The minimum Gasteiger partial charge on any atom is -0.366 e. The van der Waals surface area contributed by atoms with Gasteiger partial charge in [0.05, 0.1) is 36.1 Å². The van der Waals surface area contributed by atoms with Crippen LogP contribution in [0.25, 0.3) is 10.8 Å². The Labute approximate surface area is 273 Å². The van der Waals surface area contributed by atoms with Gasteiger partial charge in [0.25, 0.3) is 5.92 Å². The standard InChI is InChI=1S/C35H41ClF4N6/c1-24(37)25(2)44-16-18-45(19-17-44)33(41-3)27-10-15-46(30-7-4-6-26-8-9-28(38)32(36)31(26)30)20-29(27)42-14-5-11-34(12-13-34)21-43-22-35(39,40)23-43/h4,6-9H,1-3,5,10-23H2/b33-27+,42-29-. The molecule has 4 fully saturated rings. The number of benzene rings is 2. The van der Waals surface area contributed by atoms with Crippen molar-refractivity contribution < 1.29 is 17.6 Å². The van der Waals surface area contributed by atoms with E-state index in [9.17, 15) is 17.6 Å². The average Bonchev–Trinajstić information content (AvgIpc) is 3.80. The summed E-state index contributed by atoms with van der Waals surface area (Å²) in [6.07, 6.45) is 4.60. The smallest absolute Gasteiger partial charge is 0.272 e. The highest BCUT2D eigenvalue weighted by molar-refractivity contribution is 6.36. The Bertz CT molecular complexity index is 1580. The molecule has 3 saturated heterocycles. The summed E-state index contributed by atoms with van der Waals surface area (Å²) in [6, 6.07) is 8.97. The number of piperazine rings is 1. The van der Waals surface area contributed by atoms with Gasteiger partial charge < -0.3 is 14.7 Å². The zero-order chi connectivity index (χ0) is 32.6. The van der Waals surface area contributed by atoms with Crippen LogP contribution in [0.1, 0.15) is 32.1 Å². The highest BCUT2D eigenvalue weighted by atomic mass is 35.5. The molecule has 3 heterocycles. The minimum absolute atomic E-state index is 0.103. The lowest BCUT2D eigenvalue weighted by atomic mass is 9.96. The van der Waals surface area contributed by atoms with Crippen molar-refractivity contribution in [2.75, 3.05) is 70.3 Å². The summed E-state index contributed by atoms with van der Waals surface area (Å²) in [5, 5.41) is 1.64. The lowest BCUT2D eigenvalue weighted by molar-refractivity contribution is -0.136. The maximum absolute atomic E-state index is 14.6. The highest BCUT2D eigenvalue weighted by Crippen LogP contribution is 2.51. The number of hydrogen-bond donors (Lipinski definition) is 0. The third kappa shape index (κ3) is 6.83. The largest absolute Gasteiger partial charge is 0.366 e.